The van der Waals surface area contributed by atoms with Crippen molar-refractivity contribution in [2.24, 2.45) is 0 Å². The van der Waals surface area contributed by atoms with E-state index in [1.807, 2.05) is 61.5 Å². The van der Waals surface area contributed by atoms with E-state index in [-0.39, 0.29) is 5.56 Å². The summed E-state index contributed by atoms with van der Waals surface area (Å²) in [5.41, 5.74) is 2.59. The monoisotopic (exact) mass is 410 g/mol. The molecule has 0 fully saturated rings. The van der Waals surface area contributed by atoms with Crippen LogP contribution >= 0.6 is 0 Å². The molecule has 0 amide bonds. The number of nitrogens with one attached hydrogen (secondary N) is 2. The molecule has 0 saturated carbocycles. The summed E-state index contributed by atoms with van der Waals surface area (Å²) in [6, 6.07) is 20.5. The number of benzene rings is 2. The summed E-state index contributed by atoms with van der Waals surface area (Å²) in [5.74, 6) is 2.13. The number of H-pyrrole nitrogens is 1. The van der Waals surface area contributed by atoms with Gasteiger partial charge in [0.05, 0.1) is 11.3 Å². The van der Waals surface area contributed by atoms with Crippen LogP contribution in [0.2, 0.25) is 0 Å². The lowest BCUT2D eigenvalue weighted by atomic mass is 10.1. The molecule has 0 saturated heterocycles. The van der Waals surface area contributed by atoms with Crippen molar-refractivity contribution in [2.75, 3.05) is 5.32 Å². The van der Waals surface area contributed by atoms with Crippen molar-refractivity contribution in [3.05, 3.63) is 95.2 Å². The van der Waals surface area contributed by atoms with Gasteiger partial charge >= 0.3 is 0 Å². The van der Waals surface area contributed by atoms with Crippen LogP contribution in [0.15, 0.2) is 83.9 Å². The van der Waals surface area contributed by atoms with Gasteiger partial charge in [-0.2, -0.15) is 9.50 Å². The second-order valence-corrected chi connectivity index (χ2v) is 6.89. The molecule has 2 aromatic carbocycles. The molecule has 2 N–H and O–H groups in total. The molecule has 8 nitrogen and oxygen atoms in total. The molecule has 8 heteroatoms. The van der Waals surface area contributed by atoms with Gasteiger partial charge in [0.1, 0.15) is 11.5 Å². The van der Waals surface area contributed by atoms with E-state index in [1.54, 1.807) is 24.5 Å². The third-order valence-corrected chi connectivity index (χ3v) is 4.74. The Balaban J connectivity index is 1.41. The van der Waals surface area contributed by atoms with E-state index in [9.17, 15) is 4.79 Å². The minimum Gasteiger partial charge on any atom is -0.457 e. The normalized spacial score (nSPS) is 10.9. The van der Waals surface area contributed by atoms with E-state index >= 15 is 0 Å². The minimum atomic E-state index is -0.199. The molecule has 0 aliphatic heterocycles. The largest absolute Gasteiger partial charge is 0.457 e. The Hall–Kier alpha value is -4.46. The van der Waals surface area contributed by atoms with Gasteiger partial charge in [0.15, 0.2) is 0 Å². The first-order valence-electron chi connectivity index (χ1n) is 9.67. The van der Waals surface area contributed by atoms with Crippen LogP contribution in [0.5, 0.6) is 11.5 Å². The Morgan fingerprint density at radius 2 is 1.61 bits per heavy atom. The van der Waals surface area contributed by atoms with Crippen molar-refractivity contribution in [2.45, 2.75) is 6.92 Å². The maximum atomic E-state index is 13.0. The number of aromatic nitrogens is 5. The third kappa shape index (κ3) is 3.74. The number of hydrogen-bond acceptors (Lipinski definition) is 6. The second kappa shape index (κ2) is 7.75. The van der Waals surface area contributed by atoms with Gasteiger partial charge in [-0.05, 0) is 48.9 Å². The number of fused-ring (bicyclic) bond motifs is 1. The fraction of sp³-hybridized carbons (Fsp3) is 0.0435. The smallest absolute Gasteiger partial charge is 0.282 e. The lowest BCUT2D eigenvalue weighted by molar-refractivity contribution is 0.482. The van der Waals surface area contributed by atoms with Crippen molar-refractivity contribution in [3.8, 4) is 22.6 Å². The predicted octanol–water partition coefficient (Wildman–Crippen LogP) is 4.32. The standard InChI is InChI=1S/C23H18N6O2/c1-15-20(16-5-3-2-4-6-16)21(30)29-23(25-15)27-22(28-29)26-17-7-9-18(10-8-17)31-19-11-13-24-14-12-19/h2-14H,1H3,(H2,25,26,27,28). The Kier molecular flexibility index (Phi) is 4.64. The summed E-state index contributed by atoms with van der Waals surface area (Å²) in [5, 5.41) is 6.14. The van der Waals surface area contributed by atoms with E-state index in [0.717, 1.165) is 11.3 Å². The zero-order chi connectivity index (χ0) is 21.2. The van der Waals surface area contributed by atoms with Gasteiger partial charge in [-0.3, -0.25) is 14.9 Å². The van der Waals surface area contributed by atoms with Crippen LogP contribution in [0, 0.1) is 6.92 Å². The Bertz CT molecular complexity index is 1390. The molecule has 31 heavy (non-hydrogen) atoms. The van der Waals surface area contributed by atoms with Gasteiger partial charge in [-0.1, -0.05) is 30.3 Å². The molecule has 5 rings (SSSR count). The number of ether oxygens (including phenoxy) is 1. The highest BCUT2D eigenvalue weighted by atomic mass is 16.5. The van der Waals surface area contributed by atoms with Gasteiger partial charge < -0.3 is 10.1 Å². The number of aromatic amines is 1. The van der Waals surface area contributed by atoms with Crippen LogP contribution in [-0.2, 0) is 0 Å². The fourth-order valence-corrected chi connectivity index (χ4v) is 3.30. The summed E-state index contributed by atoms with van der Waals surface area (Å²) in [7, 11) is 0. The molecule has 0 aliphatic carbocycles. The molecule has 152 valence electrons. The lowest BCUT2D eigenvalue weighted by Crippen LogP contribution is -2.19. The molecule has 3 aromatic heterocycles. The number of anilines is 2. The van der Waals surface area contributed by atoms with Crippen LogP contribution in [0.4, 0.5) is 11.6 Å². The van der Waals surface area contributed by atoms with E-state index in [0.29, 0.717) is 34.5 Å². The van der Waals surface area contributed by atoms with Crippen LogP contribution in [0.1, 0.15) is 5.69 Å². The molecule has 0 aliphatic rings. The molecular weight excluding hydrogens is 392 g/mol. The number of nitrogens with zero attached hydrogens (tertiary/aromatic N) is 4. The molecular formula is C23H18N6O2. The minimum absolute atomic E-state index is 0.199. The van der Waals surface area contributed by atoms with Crippen LogP contribution in [-0.4, -0.2) is 24.6 Å². The first-order chi connectivity index (χ1) is 15.2. The molecule has 0 unspecified atom stereocenters. The zero-order valence-corrected chi connectivity index (χ0v) is 16.6. The van der Waals surface area contributed by atoms with E-state index in [4.69, 9.17) is 4.74 Å². The first kappa shape index (κ1) is 18.6. The second-order valence-electron chi connectivity index (χ2n) is 6.89. The highest BCUT2D eigenvalue weighted by molar-refractivity contribution is 5.66. The summed E-state index contributed by atoms with van der Waals surface area (Å²) >= 11 is 0. The Labute approximate surface area is 177 Å². The molecule has 0 atom stereocenters. The summed E-state index contributed by atoms with van der Waals surface area (Å²) in [4.78, 5) is 25.9. The third-order valence-electron chi connectivity index (χ3n) is 4.74. The SMILES string of the molecule is Cc1nc2nc(Nc3ccc(Oc4ccncc4)cc3)[nH]n2c(=O)c1-c1ccccc1. The summed E-state index contributed by atoms with van der Waals surface area (Å²) in [6.45, 7) is 1.81. The van der Waals surface area contributed by atoms with Crippen molar-refractivity contribution in [1.29, 1.82) is 0 Å². The topological polar surface area (TPSA) is 97.2 Å². The number of aryl methyl sites for hydroxylation is 1. The summed E-state index contributed by atoms with van der Waals surface area (Å²) < 4.78 is 7.11. The quantitative estimate of drug-likeness (QED) is 0.448. The Morgan fingerprint density at radius 3 is 2.35 bits per heavy atom. The highest BCUT2D eigenvalue weighted by Gasteiger charge is 2.14. The highest BCUT2D eigenvalue weighted by Crippen LogP contribution is 2.24. The fourth-order valence-electron chi connectivity index (χ4n) is 3.30. The van der Waals surface area contributed by atoms with Crippen LogP contribution in [0.3, 0.4) is 0 Å². The average Bonchev–Trinajstić information content (AvgIpc) is 3.19. The predicted molar refractivity (Wildman–Crippen MR) is 118 cm³/mol. The number of rotatable bonds is 5. The van der Waals surface area contributed by atoms with Gasteiger partial charge in [-0.25, -0.2) is 4.98 Å². The van der Waals surface area contributed by atoms with Gasteiger partial charge in [-0.15, -0.1) is 0 Å². The maximum Gasteiger partial charge on any atom is 0.282 e. The van der Waals surface area contributed by atoms with Crippen molar-refractivity contribution in [3.63, 3.8) is 0 Å². The number of pyridine rings is 1. The summed E-state index contributed by atoms with van der Waals surface area (Å²) in [6.07, 6.45) is 3.35. The molecule has 0 radical (unpaired) electrons. The van der Waals surface area contributed by atoms with Gasteiger partial charge in [0, 0.05) is 18.1 Å². The van der Waals surface area contributed by atoms with Crippen molar-refractivity contribution in [1.82, 2.24) is 24.6 Å². The van der Waals surface area contributed by atoms with Gasteiger partial charge in [0.2, 0.25) is 5.95 Å². The maximum absolute atomic E-state index is 13.0. The zero-order valence-electron chi connectivity index (χ0n) is 16.6. The van der Waals surface area contributed by atoms with E-state index in [1.165, 1.54) is 4.52 Å². The Morgan fingerprint density at radius 1 is 0.903 bits per heavy atom. The van der Waals surface area contributed by atoms with Crippen LogP contribution < -0.4 is 15.6 Å². The first-order valence-corrected chi connectivity index (χ1v) is 9.67. The molecule has 3 heterocycles. The molecule has 0 bridgehead atoms. The molecule has 5 aromatic rings. The van der Waals surface area contributed by atoms with E-state index < -0.39 is 0 Å². The molecule has 0 spiro atoms. The van der Waals surface area contributed by atoms with Crippen molar-refractivity contribution < 1.29 is 4.74 Å². The number of hydrogen-bond donors (Lipinski definition) is 2. The average molecular weight is 410 g/mol. The van der Waals surface area contributed by atoms with E-state index in [2.05, 4.69) is 25.4 Å². The van der Waals surface area contributed by atoms with Crippen molar-refractivity contribution >= 4 is 17.4 Å². The lowest BCUT2D eigenvalue weighted by Gasteiger charge is -2.07. The van der Waals surface area contributed by atoms with Gasteiger partial charge in [0.25, 0.3) is 11.3 Å². The van der Waals surface area contributed by atoms with Crippen LogP contribution in [0.25, 0.3) is 16.9 Å².